The first-order chi connectivity index (χ1) is 11.8. The molecule has 3 aromatic rings. The lowest BCUT2D eigenvalue weighted by Crippen LogP contribution is -2.41. The molecule has 0 radical (unpaired) electrons. The number of nitrogens with one attached hydrogen (secondary N) is 1. The summed E-state index contributed by atoms with van der Waals surface area (Å²) in [6.07, 6.45) is 8.63. The van der Waals surface area contributed by atoms with Crippen molar-refractivity contribution >= 4 is 22.2 Å². The van der Waals surface area contributed by atoms with Gasteiger partial charge < -0.3 is 10.1 Å². The average Bonchev–Trinajstić information content (AvgIpc) is 3.26. The fourth-order valence-corrected chi connectivity index (χ4v) is 3.78. The minimum absolute atomic E-state index is 0.00372. The Morgan fingerprint density at radius 2 is 2.25 bits per heavy atom. The van der Waals surface area contributed by atoms with Gasteiger partial charge in [-0.1, -0.05) is 0 Å². The molecule has 4 heterocycles. The van der Waals surface area contributed by atoms with Gasteiger partial charge in [-0.15, -0.1) is 11.3 Å². The zero-order valence-corrected chi connectivity index (χ0v) is 13.9. The standard InChI is InChI=1S/C17H18N4O2S/c22-16(8-14-9-21-5-6-24-17(21)19-14)20-15-11-23-10-13(15)7-12-1-3-18-4-2-12/h1-6,9,13,15H,7-8,10-11H2,(H,20,22)/t13-,15-/m1/s1. The molecule has 1 N–H and O–H groups in total. The molecule has 124 valence electrons. The molecule has 0 aliphatic carbocycles. The third-order valence-electron chi connectivity index (χ3n) is 4.28. The van der Waals surface area contributed by atoms with Crippen molar-refractivity contribution < 1.29 is 9.53 Å². The van der Waals surface area contributed by atoms with E-state index in [4.69, 9.17) is 4.74 Å². The maximum Gasteiger partial charge on any atom is 0.226 e. The number of carbonyl (C=O) groups is 1. The first kappa shape index (κ1) is 15.3. The van der Waals surface area contributed by atoms with Gasteiger partial charge in [-0.3, -0.25) is 14.2 Å². The van der Waals surface area contributed by atoms with Crippen LogP contribution in [0.3, 0.4) is 0 Å². The average molecular weight is 342 g/mol. The Morgan fingerprint density at radius 3 is 3.08 bits per heavy atom. The predicted octanol–water partition coefficient (Wildman–Crippen LogP) is 1.71. The topological polar surface area (TPSA) is 68.5 Å². The van der Waals surface area contributed by atoms with Crippen molar-refractivity contribution in [2.75, 3.05) is 13.2 Å². The van der Waals surface area contributed by atoms with E-state index in [0.717, 1.165) is 17.1 Å². The highest BCUT2D eigenvalue weighted by molar-refractivity contribution is 7.15. The van der Waals surface area contributed by atoms with Gasteiger partial charge in [0, 0.05) is 36.1 Å². The van der Waals surface area contributed by atoms with Gasteiger partial charge in [0.15, 0.2) is 4.96 Å². The number of hydrogen-bond donors (Lipinski definition) is 1. The number of nitrogens with zero attached hydrogens (tertiary/aromatic N) is 3. The zero-order chi connectivity index (χ0) is 16.4. The third kappa shape index (κ3) is 3.32. The van der Waals surface area contributed by atoms with Gasteiger partial charge in [-0.2, -0.15) is 0 Å². The molecule has 0 spiro atoms. The van der Waals surface area contributed by atoms with Crippen LogP contribution < -0.4 is 5.32 Å². The Balaban J connectivity index is 1.36. The quantitative estimate of drug-likeness (QED) is 0.766. The Kier molecular flexibility index (Phi) is 4.27. The predicted molar refractivity (Wildman–Crippen MR) is 91.0 cm³/mol. The van der Waals surface area contributed by atoms with Crippen LogP contribution in [0.25, 0.3) is 4.96 Å². The lowest BCUT2D eigenvalue weighted by atomic mass is 9.95. The number of thiazole rings is 1. The summed E-state index contributed by atoms with van der Waals surface area (Å²) >= 11 is 1.56. The number of amides is 1. The van der Waals surface area contributed by atoms with Crippen molar-refractivity contribution in [2.45, 2.75) is 18.9 Å². The molecule has 1 amide bonds. The van der Waals surface area contributed by atoms with E-state index in [9.17, 15) is 4.79 Å². The molecule has 6 nitrogen and oxygen atoms in total. The van der Waals surface area contributed by atoms with Crippen LogP contribution in [-0.4, -0.2) is 39.5 Å². The van der Waals surface area contributed by atoms with Crippen LogP contribution in [0.4, 0.5) is 0 Å². The monoisotopic (exact) mass is 342 g/mol. The summed E-state index contributed by atoms with van der Waals surface area (Å²) in [4.78, 5) is 21.8. The molecule has 3 aromatic heterocycles. The van der Waals surface area contributed by atoms with Crippen molar-refractivity contribution in [2.24, 2.45) is 5.92 Å². The van der Waals surface area contributed by atoms with Gasteiger partial charge in [-0.05, 0) is 24.1 Å². The molecule has 0 aromatic carbocycles. The lowest BCUT2D eigenvalue weighted by molar-refractivity contribution is -0.121. The number of aromatic nitrogens is 3. The Morgan fingerprint density at radius 1 is 1.38 bits per heavy atom. The van der Waals surface area contributed by atoms with E-state index in [1.807, 2.05) is 34.3 Å². The van der Waals surface area contributed by atoms with Crippen LogP contribution >= 0.6 is 11.3 Å². The van der Waals surface area contributed by atoms with Crippen molar-refractivity contribution in [1.29, 1.82) is 0 Å². The minimum Gasteiger partial charge on any atom is -0.379 e. The van der Waals surface area contributed by atoms with Crippen LogP contribution in [0, 0.1) is 5.92 Å². The molecular formula is C17H18N4O2S. The van der Waals surface area contributed by atoms with Crippen LogP contribution in [-0.2, 0) is 22.4 Å². The highest BCUT2D eigenvalue weighted by Crippen LogP contribution is 2.19. The molecule has 0 unspecified atom stereocenters. The van der Waals surface area contributed by atoms with E-state index >= 15 is 0 Å². The smallest absolute Gasteiger partial charge is 0.226 e. The van der Waals surface area contributed by atoms with Gasteiger partial charge in [0.25, 0.3) is 0 Å². The molecule has 0 bridgehead atoms. The van der Waals surface area contributed by atoms with E-state index in [-0.39, 0.29) is 11.9 Å². The van der Waals surface area contributed by atoms with Crippen LogP contribution in [0.2, 0.25) is 0 Å². The highest BCUT2D eigenvalue weighted by atomic mass is 32.1. The first-order valence-electron chi connectivity index (χ1n) is 7.95. The van der Waals surface area contributed by atoms with Crippen LogP contribution in [0.1, 0.15) is 11.3 Å². The fraction of sp³-hybridized carbons (Fsp3) is 0.353. The SMILES string of the molecule is O=C(Cc1cn2ccsc2n1)N[C@@H]1COC[C@H]1Cc1ccncc1. The Hall–Kier alpha value is -2.25. The highest BCUT2D eigenvalue weighted by Gasteiger charge is 2.29. The summed E-state index contributed by atoms with van der Waals surface area (Å²) in [5.74, 6) is 0.290. The number of fused-ring (bicyclic) bond motifs is 1. The number of pyridine rings is 1. The van der Waals surface area contributed by atoms with Gasteiger partial charge in [-0.25, -0.2) is 4.98 Å². The number of imidazole rings is 1. The maximum absolute atomic E-state index is 12.3. The summed E-state index contributed by atoms with van der Waals surface area (Å²) in [7, 11) is 0. The zero-order valence-electron chi connectivity index (χ0n) is 13.1. The Labute approximate surface area is 143 Å². The number of carbonyl (C=O) groups excluding carboxylic acids is 1. The van der Waals surface area contributed by atoms with Crippen molar-refractivity contribution in [3.63, 3.8) is 0 Å². The molecule has 1 aliphatic rings. The third-order valence-corrected chi connectivity index (χ3v) is 5.05. The summed E-state index contributed by atoms with van der Waals surface area (Å²) in [6.45, 7) is 1.24. The normalized spacial score (nSPS) is 20.5. The van der Waals surface area contributed by atoms with E-state index < -0.39 is 0 Å². The number of ether oxygens (including phenoxy) is 1. The second-order valence-corrected chi connectivity index (χ2v) is 6.91. The summed E-state index contributed by atoms with van der Waals surface area (Å²) in [5, 5.41) is 5.09. The fourth-order valence-electron chi connectivity index (χ4n) is 3.06. The molecule has 0 saturated carbocycles. The summed E-state index contributed by atoms with van der Waals surface area (Å²) in [5.41, 5.74) is 2.01. The largest absolute Gasteiger partial charge is 0.379 e. The van der Waals surface area contributed by atoms with E-state index in [1.54, 1.807) is 23.7 Å². The van der Waals surface area contributed by atoms with Gasteiger partial charge in [0.2, 0.25) is 5.91 Å². The second-order valence-electron chi connectivity index (χ2n) is 6.03. The van der Waals surface area contributed by atoms with Gasteiger partial charge in [0.05, 0.1) is 31.4 Å². The summed E-state index contributed by atoms with van der Waals surface area (Å²) < 4.78 is 7.52. The van der Waals surface area contributed by atoms with E-state index in [2.05, 4.69) is 15.3 Å². The molecular weight excluding hydrogens is 324 g/mol. The number of rotatable bonds is 5. The molecule has 2 atom stereocenters. The van der Waals surface area contributed by atoms with E-state index in [0.29, 0.717) is 25.6 Å². The first-order valence-corrected chi connectivity index (χ1v) is 8.83. The summed E-state index contributed by atoms with van der Waals surface area (Å²) in [6, 6.07) is 4.07. The second kappa shape index (κ2) is 6.70. The van der Waals surface area contributed by atoms with Crippen molar-refractivity contribution in [3.05, 3.63) is 53.6 Å². The molecule has 7 heteroatoms. The lowest BCUT2D eigenvalue weighted by Gasteiger charge is -2.19. The van der Waals surface area contributed by atoms with Crippen LogP contribution in [0.5, 0.6) is 0 Å². The van der Waals surface area contributed by atoms with Crippen molar-refractivity contribution in [1.82, 2.24) is 19.7 Å². The maximum atomic E-state index is 12.3. The molecule has 24 heavy (non-hydrogen) atoms. The van der Waals surface area contributed by atoms with Crippen LogP contribution in [0.15, 0.2) is 42.3 Å². The molecule has 1 fully saturated rings. The van der Waals surface area contributed by atoms with E-state index in [1.165, 1.54) is 5.56 Å². The van der Waals surface area contributed by atoms with Gasteiger partial charge >= 0.3 is 0 Å². The molecule has 1 aliphatic heterocycles. The number of hydrogen-bond acceptors (Lipinski definition) is 5. The van der Waals surface area contributed by atoms with Gasteiger partial charge in [0.1, 0.15) is 0 Å². The molecule has 4 rings (SSSR count). The van der Waals surface area contributed by atoms with Crippen molar-refractivity contribution in [3.8, 4) is 0 Å². The minimum atomic E-state index is -0.00372. The molecule has 1 saturated heterocycles. The Bertz CT molecular complexity index is 801.